The third-order valence-electron chi connectivity index (χ3n) is 6.62. The normalized spacial score (nSPS) is 18.3. The number of esters is 1. The van der Waals surface area contributed by atoms with Gasteiger partial charge < -0.3 is 9.64 Å². The van der Waals surface area contributed by atoms with Crippen LogP contribution in [0.25, 0.3) is 10.2 Å². The second-order valence-electron chi connectivity index (χ2n) is 8.56. The fourth-order valence-electron chi connectivity index (χ4n) is 4.93. The number of thiophene rings is 1. The molecule has 1 fully saturated rings. The van der Waals surface area contributed by atoms with Crippen molar-refractivity contribution in [3.63, 3.8) is 0 Å². The van der Waals surface area contributed by atoms with Crippen LogP contribution in [-0.2, 0) is 22.5 Å². The highest BCUT2D eigenvalue weighted by atomic mass is 32.1. The minimum Gasteiger partial charge on any atom is -0.466 e. The van der Waals surface area contributed by atoms with Gasteiger partial charge in [0.05, 0.1) is 23.3 Å². The van der Waals surface area contributed by atoms with Gasteiger partial charge in [-0.05, 0) is 51.8 Å². The molecular weight excluding hydrogens is 428 g/mol. The van der Waals surface area contributed by atoms with Crippen molar-refractivity contribution in [2.75, 3.05) is 32.8 Å². The first-order valence-electron chi connectivity index (χ1n) is 11.7. The number of fused-ring (bicyclic) bond motifs is 2. The van der Waals surface area contributed by atoms with Crippen molar-refractivity contribution in [2.45, 2.75) is 65.5 Å². The van der Waals surface area contributed by atoms with E-state index in [-0.39, 0.29) is 29.9 Å². The Labute approximate surface area is 192 Å². The summed E-state index contributed by atoms with van der Waals surface area (Å²) < 4.78 is 6.83. The number of amides is 1. The molecule has 1 atom stereocenters. The Morgan fingerprint density at radius 2 is 2.06 bits per heavy atom. The minimum atomic E-state index is -0.298. The summed E-state index contributed by atoms with van der Waals surface area (Å²) >= 11 is 1.30. The number of likely N-dealkylation sites (tertiary alicyclic amines) is 1. The predicted molar refractivity (Wildman–Crippen MR) is 124 cm³/mol. The molecule has 2 aliphatic heterocycles. The molecule has 4 heterocycles. The molecule has 0 N–H and O–H groups in total. The number of likely N-dealkylation sites (N-methyl/N-ethyl adjacent to an activating group) is 1. The highest BCUT2D eigenvalue weighted by Crippen LogP contribution is 2.30. The molecule has 0 spiro atoms. The van der Waals surface area contributed by atoms with Gasteiger partial charge in [0.1, 0.15) is 10.7 Å². The maximum atomic E-state index is 13.7. The van der Waals surface area contributed by atoms with Gasteiger partial charge in [-0.15, -0.1) is 11.3 Å². The molecule has 0 radical (unpaired) electrons. The fourth-order valence-corrected chi connectivity index (χ4v) is 6.09. The van der Waals surface area contributed by atoms with Crippen LogP contribution in [0.5, 0.6) is 0 Å². The Morgan fingerprint density at radius 1 is 1.25 bits per heavy atom. The lowest BCUT2D eigenvalue weighted by atomic mass is 10.1. The van der Waals surface area contributed by atoms with E-state index in [9.17, 15) is 14.4 Å². The zero-order valence-electron chi connectivity index (χ0n) is 19.2. The van der Waals surface area contributed by atoms with Gasteiger partial charge in [-0.1, -0.05) is 6.92 Å². The van der Waals surface area contributed by atoms with Crippen molar-refractivity contribution < 1.29 is 14.3 Å². The molecule has 0 bridgehead atoms. The van der Waals surface area contributed by atoms with Crippen molar-refractivity contribution in [1.29, 1.82) is 0 Å². The fraction of sp³-hybridized carbons (Fsp3) is 0.652. The molecule has 1 unspecified atom stereocenters. The van der Waals surface area contributed by atoms with E-state index < -0.39 is 0 Å². The number of aryl methyl sites for hydroxylation is 2. The van der Waals surface area contributed by atoms with Gasteiger partial charge in [0.15, 0.2) is 0 Å². The predicted octanol–water partition coefficient (Wildman–Crippen LogP) is 2.59. The van der Waals surface area contributed by atoms with Crippen molar-refractivity contribution >= 4 is 33.4 Å². The van der Waals surface area contributed by atoms with E-state index in [0.29, 0.717) is 46.9 Å². The molecule has 2 aromatic heterocycles. The van der Waals surface area contributed by atoms with Gasteiger partial charge in [-0.3, -0.25) is 23.9 Å². The molecule has 9 heteroatoms. The lowest BCUT2D eigenvalue weighted by molar-refractivity contribution is -0.143. The molecule has 1 amide bonds. The topological polar surface area (TPSA) is 84.7 Å². The van der Waals surface area contributed by atoms with Crippen LogP contribution in [0, 0.1) is 6.92 Å². The van der Waals surface area contributed by atoms with E-state index in [0.717, 1.165) is 44.6 Å². The van der Waals surface area contributed by atoms with Crippen LogP contribution in [0.15, 0.2) is 4.79 Å². The van der Waals surface area contributed by atoms with Gasteiger partial charge in [0, 0.05) is 32.1 Å². The molecule has 1 saturated heterocycles. The van der Waals surface area contributed by atoms with Crippen molar-refractivity contribution in [2.24, 2.45) is 0 Å². The zero-order chi connectivity index (χ0) is 22.8. The monoisotopic (exact) mass is 460 g/mol. The van der Waals surface area contributed by atoms with Crippen molar-refractivity contribution in [1.82, 2.24) is 19.4 Å². The lowest BCUT2D eigenvalue weighted by Gasteiger charge is -2.30. The van der Waals surface area contributed by atoms with Gasteiger partial charge in [-0.25, -0.2) is 4.98 Å². The number of hydrogen-bond donors (Lipinski definition) is 0. The molecular formula is C23H32N4O4S. The number of ether oxygens (including phenoxy) is 1. The van der Waals surface area contributed by atoms with Crippen LogP contribution in [-0.4, -0.2) is 70.1 Å². The summed E-state index contributed by atoms with van der Waals surface area (Å²) in [6.45, 7) is 9.64. The Hall–Kier alpha value is -2.26. The van der Waals surface area contributed by atoms with Crippen LogP contribution in [0.3, 0.4) is 0 Å². The van der Waals surface area contributed by atoms with E-state index in [1.807, 2.05) is 6.92 Å². The summed E-state index contributed by atoms with van der Waals surface area (Å²) in [5, 5.41) is 0.561. The smallest absolute Gasteiger partial charge is 0.307 e. The Morgan fingerprint density at radius 3 is 2.81 bits per heavy atom. The largest absolute Gasteiger partial charge is 0.466 e. The van der Waals surface area contributed by atoms with Gasteiger partial charge in [-0.2, -0.15) is 0 Å². The zero-order valence-corrected chi connectivity index (χ0v) is 20.0. The summed E-state index contributed by atoms with van der Waals surface area (Å²) in [6.07, 6.45) is 4.05. The average Bonchev–Trinajstić information content (AvgIpc) is 3.50. The molecule has 2 aromatic rings. The van der Waals surface area contributed by atoms with E-state index in [4.69, 9.17) is 9.72 Å². The van der Waals surface area contributed by atoms with E-state index in [1.54, 1.807) is 16.4 Å². The van der Waals surface area contributed by atoms with Crippen LogP contribution >= 0.6 is 11.3 Å². The average molecular weight is 461 g/mol. The molecule has 8 nitrogen and oxygen atoms in total. The van der Waals surface area contributed by atoms with Crippen LogP contribution in [0.2, 0.25) is 0 Å². The number of carbonyl (C=O) groups excluding carboxylic acids is 2. The maximum Gasteiger partial charge on any atom is 0.307 e. The first-order chi connectivity index (χ1) is 15.4. The molecule has 0 aliphatic carbocycles. The third-order valence-corrected chi connectivity index (χ3v) is 7.79. The third kappa shape index (κ3) is 4.32. The number of rotatable bonds is 8. The SMILES string of the molecule is CCOC(=O)CCN(CC1CCCN1CC)C(=O)c1sc2nc3n(c(=O)c2c1C)CCC3. The molecule has 4 rings (SSSR count). The van der Waals surface area contributed by atoms with Crippen molar-refractivity contribution in [3.8, 4) is 0 Å². The Bertz CT molecular complexity index is 1080. The summed E-state index contributed by atoms with van der Waals surface area (Å²) in [5.74, 6) is 0.391. The number of aromatic nitrogens is 2. The van der Waals surface area contributed by atoms with E-state index in [2.05, 4.69) is 11.8 Å². The minimum absolute atomic E-state index is 0.0404. The standard InChI is InChI=1S/C23H32N4O4S/c1-4-25-11-6-8-16(25)14-26(13-10-18(28)31-5-2)23(30)20-15(3)19-21(32-20)24-17-9-7-12-27(17)22(19)29/h16H,4-14H2,1-3H3. The summed E-state index contributed by atoms with van der Waals surface area (Å²) in [7, 11) is 0. The van der Waals surface area contributed by atoms with E-state index >= 15 is 0 Å². The maximum absolute atomic E-state index is 13.7. The molecule has 2 aliphatic rings. The summed E-state index contributed by atoms with van der Waals surface area (Å²) in [4.78, 5) is 48.8. The van der Waals surface area contributed by atoms with Gasteiger partial charge >= 0.3 is 5.97 Å². The lowest BCUT2D eigenvalue weighted by Crippen LogP contribution is -2.43. The molecule has 174 valence electrons. The van der Waals surface area contributed by atoms with E-state index in [1.165, 1.54) is 11.3 Å². The van der Waals surface area contributed by atoms with Crippen LogP contribution < -0.4 is 5.56 Å². The Kier molecular flexibility index (Phi) is 6.95. The molecule has 0 saturated carbocycles. The first-order valence-corrected chi connectivity index (χ1v) is 12.5. The Balaban J connectivity index is 1.64. The molecule has 0 aromatic carbocycles. The highest BCUT2D eigenvalue weighted by molar-refractivity contribution is 7.20. The summed E-state index contributed by atoms with van der Waals surface area (Å²) in [6, 6.07) is 0.286. The van der Waals surface area contributed by atoms with Gasteiger partial charge in [0.25, 0.3) is 11.5 Å². The van der Waals surface area contributed by atoms with Crippen molar-refractivity contribution in [3.05, 3.63) is 26.6 Å². The number of carbonyl (C=O) groups is 2. The van der Waals surface area contributed by atoms with Crippen LogP contribution in [0.4, 0.5) is 0 Å². The van der Waals surface area contributed by atoms with Crippen LogP contribution in [0.1, 0.15) is 60.6 Å². The molecule has 32 heavy (non-hydrogen) atoms. The number of nitrogens with zero attached hydrogens (tertiary/aromatic N) is 4. The highest BCUT2D eigenvalue weighted by Gasteiger charge is 2.30. The second-order valence-corrected chi connectivity index (χ2v) is 9.55. The van der Waals surface area contributed by atoms with Gasteiger partial charge in [0.2, 0.25) is 0 Å². The quantitative estimate of drug-likeness (QED) is 0.563. The summed E-state index contributed by atoms with van der Waals surface area (Å²) in [5.41, 5.74) is 0.663. The second kappa shape index (κ2) is 9.70. The first kappa shape index (κ1) is 22.9. The number of hydrogen-bond acceptors (Lipinski definition) is 7.